The first-order chi connectivity index (χ1) is 2.00. The molecule has 0 aromatic heterocycles. The van der Waals surface area contributed by atoms with Crippen LogP contribution < -0.4 is 0 Å². The van der Waals surface area contributed by atoms with Gasteiger partial charge in [0.15, 0.2) is 0 Å². The van der Waals surface area contributed by atoms with E-state index in [-0.39, 0.29) is 7.43 Å². The van der Waals surface area contributed by atoms with Gasteiger partial charge in [0, 0.05) is 0 Å². The molecule has 0 radical (unpaired) electrons. The highest BCUT2D eigenvalue weighted by molar-refractivity contribution is 8.50. The fraction of sp³-hybridized carbons (Fsp3) is 1.00. The molecule has 0 saturated carbocycles. The third-order valence-electron chi connectivity index (χ3n) is 0. The zero-order valence-corrected chi connectivity index (χ0v) is 5.97. The summed E-state index contributed by atoms with van der Waals surface area (Å²) in [6, 6.07) is 0. The third kappa shape index (κ3) is 48.8. The molecule has 0 aliphatic carbocycles. The Balaban J connectivity index is 0. The molecule has 0 rings (SSSR count). The predicted octanol–water partition coefficient (Wildman–Crippen LogP) is 3.56. The Labute approximate surface area is 57.2 Å². The molecular formula is CH4Cl3PS. The van der Waals surface area contributed by atoms with E-state index in [2.05, 4.69) is 11.8 Å². The van der Waals surface area contributed by atoms with Gasteiger partial charge in [-0.1, -0.05) is 41.1 Å². The predicted molar refractivity (Wildman–Crippen MR) is 38.6 cm³/mol. The van der Waals surface area contributed by atoms with Crippen molar-refractivity contribution in [1.82, 2.24) is 0 Å². The minimum atomic E-state index is -2.39. The molecule has 0 fully saturated rings. The van der Waals surface area contributed by atoms with Crippen LogP contribution in [0.3, 0.4) is 0 Å². The highest BCUT2D eigenvalue weighted by Crippen LogP contribution is 2.61. The van der Waals surface area contributed by atoms with E-state index in [0.29, 0.717) is 0 Å². The summed E-state index contributed by atoms with van der Waals surface area (Å²) in [6.45, 7) is 0. The molecule has 0 spiro atoms. The van der Waals surface area contributed by atoms with Gasteiger partial charge in [0.1, 0.15) is 0 Å². The molecule has 5 heteroatoms. The Morgan fingerprint density at radius 2 is 1.17 bits per heavy atom. The smallest absolute Gasteiger partial charge is 0.0776 e. The molecule has 0 aliphatic heterocycles. The van der Waals surface area contributed by atoms with Crippen LogP contribution in [-0.4, -0.2) is 0 Å². The highest BCUT2D eigenvalue weighted by atomic mass is 36.1. The van der Waals surface area contributed by atoms with Crippen LogP contribution in [-0.2, 0) is 11.8 Å². The average Bonchev–Trinajstić information content (AvgIpc) is 0.722. The van der Waals surface area contributed by atoms with Gasteiger partial charge in [-0.3, -0.25) is 0 Å². The Bertz CT molecular complexity index is 56.9. The van der Waals surface area contributed by atoms with E-state index in [1.54, 1.807) is 0 Å². The summed E-state index contributed by atoms with van der Waals surface area (Å²) < 4.78 is -2.39. The van der Waals surface area contributed by atoms with Crippen molar-refractivity contribution in [3.05, 3.63) is 0 Å². The third-order valence-corrected chi connectivity index (χ3v) is 0. The number of rotatable bonds is 0. The normalized spacial score (nSPS) is 9.83. The number of hydrogen-bond donors (Lipinski definition) is 0. The van der Waals surface area contributed by atoms with Crippen LogP contribution in [0.15, 0.2) is 0 Å². The van der Waals surface area contributed by atoms with Gasteiger partial charge < -0.3 is 0 Å². The van der Waals surface area contributed by atoms with Crippen molar-refractivity contribution in [2.75, 3.05) is 0 Å². The average molecular weight is 185 g/mol. The largest absolute Gasteiger partial charge is 0.202 e. The summed E-state index contributed by atoms with van der Waals surface area (Å²) in [4.78, 5) is 0. The first kappa shape index (κ1) is 10.5. The maximum atomic E-state index is 4.99. The maximum Gasteiger partial charge on any atom is 0.202 e. The minimum Gasteiger partial charge on any atom is -0.0776 e. The summed E-state index contributed by atoms with van der Waals surface area (Å²) in [5.74, 6) is 0. The van der Waals surface area contributed by atoms with E-state index in [1.165, 1.54) is 0 Å². The summed E-state index contributed by atoms with van der Waals surface area (Å²) in [7, 11) is 0. The molecule has 0 saturated heterocycles. The second kappa shape index (κ2) is 3.51. The molecule has 40 valence electrons. The molecule has 6 heavy (non-hydrogen) atoms. The monoisotopic (exact) mass is 184 g/mol. The highest BCUT2D eigenvalue weighted by Gasteiger charge is 1.95. The molecule has 0 atom stereocenters. The van der Waals surface area contributed by atoms with Crippen molar-refractivity contribution in [1.29, 1.82) is 0 Å². The van der Waals surface area contributed by atoms with Crippen molar-refractivity contribution in [3.63, 3.8) is 0 Å². The fourth-order valence-corrected chi connectivity index (χ4v) is 0. The van der Waals surface area contributed by atoms with Crippen molar-refractivity contribution < 1.29 is 0 Å². The van der Waals surface area contributed by atoms with Crippen LogP contribution in [0.5, 0.6) is 0 Å². The van der Waals surface area contributed by atoms with Gasteiger partial charge in [-0.25, -0.2) is 0 Å². The first-order valence-corrected chi connectivity index (χ1v) is 6.21. The standard InChI is InChI=1S/CH4.Cl3PS/c;1-4(2,3)5/h1H4;. The van der Waals surface area contributed by atoms with Crippen LogP contribution in [0.25, 0.3) is 0 Å². The van der Waals surface area contributed by atoms with Crippen molar-refractivity contribution in [2.45, 2.75) is 7.43 Å². The molecule has 0 aromatic carbocycles. The van der Waals surface area contributed by atoms with Crippen molar-refractivity contribution in [3.8, 4) is 0 Å². The number of hydrogen-bond acceptors (Lipinski definition) is 1. The Kier molecular flexibility index (Phi) is 6.14. The van der Waals surface area contributed by atoms with Gasteiger partial charge in [-0.2, -0.15) is 0 Å². The maximum absolute atomic E-state index is 4.99. The lowest BCUT2D eigenvalue weighted by molar-refractivity contribution is 2.50. The van der Waals surface area contributed by atoms with E-state index < -0.39 is 4.10 Å². The van der Waals surface area contributed by atoms with Crippen molar-refractivity contribution in [2.24, 2.45) is 0 Å². The number of halogens is 3. The summed E-state index contributed by atoms with van der Waals surface area (Å²) in [6.07, 6.45) is 0. The molecule has 0 bridgehead atoms. The topological polar surface area (TPSA) is 0 Å². The lowest BCUT2D eigenvalue weighted by Crippen LogP contribution is -1.17. The van der Waals surface area contributed by atoms with Crippen LogP contribution >= 0.6 is 37.8 Å². The second-order valence-corrected chi connectivity index (χ2v) is 10.8. The lowest BCUT2D eigenvalue weighted by atomic mass is 12.0. The zero-order valence-electron chi connectivity index (χ0n) is 1.99. The van der Waals surface area contributed by atoms with Gasteiger partial charge >= 0.3 is 0 Å². The molecule has 0 unspecified atom stereocenters. The SMILES string of the molecule is C.S=P(Cl)(Cl)Cl. The first-order valence-electron chi connectivity index (χ1n) is 0.690. The van der Waals surface area contributed by atoms with Crippen LogP contribution in [0.1, 0.15) is 7.43 Å². The van der Waals surface area contributed by atoms with Gasteiger partial charge in [-0.05, 0) is 11.8 Å². The minimum absolute atomic E-state index is 0. The van der Waals surface area contributed by atoms with Crippen LogP contribution in [0.2, 0.25) is 0 Å². The molecule has 0 aliphatic rings. The Hall–Kier alpha value is 1.52. The molecule has 0 heterocycles. The zero-order chi connectivity index (χ0) is 4.50. The molecule has 0 N–H and O–H groups in total. The molecule has 0 aromatic rings. The van der Waals surface area contributed by atoms with Gasteiger partial charge in [-0.15, -0.1) is 0 Å². The van der Waals surface area contributed by atoms with Crippen molar-refractivity contribution >= 4 is 49.6 Å². The van der Waals surface area contributed by atoms with E-state index in [9.17, 15) is 0 Å². The van der Waals surface area contributed by atoms with E-state index >= 15 is 0 Å². The summed E-state index contributed by atoms with van der Waals surface area (Å²) >= 11 is 19.2. The van der Waals surface area contributed by atoms with Crippen LogP contribution in [0, 0.1) is 0 Å². The summed E-state index contributed by atoms with van der Waals surface area (Å²) in [5.41, 5.74) is 0. The van der Waals surface area contributed by atoms with E-state index in [1.807, 2.05) is 0 Å². The molecule has 0 nitrogen and oxygen atoms in total. The molecular weight excluding hydrogens is 181 g/mol. The van der Waals surface area contributed by atoms with Crippen LogP contribution in [0.4, 0.5) is 0 Å². The Morgan fingerprint density at radius 3 is 1.17 bits per heavy atom. The lowest BCUT2D eigenvalue weighted by Gasteiger charge is -1.80. The van der Waals surface area contributed by atoms with Gasteiger partial charge in [0.05, 0.1) is 0 Å². The fourth-order valence-electron chi connectivity index (χ4n) is 0. The van der Waals surface area contributed by atoms with Gasteiger partial charge in [0.25, 0.3) is 0 Å². The summed E-state index contributed by atoms with van der Waals surface area (Å²) in [5, 5.41) is 0. The quantitative estimate of drug-likeness (QED) is 0.520. The van der Waals surface area contributed by atoms with E-state index in [4.69, 9.17) is 33.7 Å². The van der Waals surface area contributed by atoms with E-state index in [0.717, 1.165) is 0 Å². The Morgan fingerprint density at radius 1 is 1.17 bits per heavy atom. The molecule has 0 amide bonds. The second-order valence-electron chi connectivity index (χ2n) is 0.399. The van der Waals surface area contributed by atoms with Gasteiger partial charge in [0.2, 0.25) is 4.10 Å².